The summed E-state index contributed by atoms with van der Waals surface area (Å²) in [6.45, 7) is 2.54. The molecule has 3 rings (SSSR count). The molecule has 17 heavy (non-hydrogen) atoms. The second kappa shape index (κ2) is 3.98. The van der Waals surface area contributed by atoms with E-state index < -0.39 is 0 Å². The molecule has 0 saturated carbocycles. The molecule has 0 atom stereocenters. The summed E-state index contributed by atoms with van der Waals surface area (Å²) in [6.07, 6.45) is 2.05. The van der Waals surface area contributed by atoms with Gasteiger partial charge in [-0.15, -0.1) is 11.3 Å². The number of H-pyrrole nitrogens is 1. The van der Waals surface area contributed by atoms with Gasteiger partial charge in [0, 0.05) is 29.2 Å². The Morgan fingerprint density at radius 2 is 2.18 bits per heavy atom. The number of aromatic nitrogens is 2. The predicted molar refractivity (Wildman–Crippen MR) is 72.0 cm³/mol. The molecule has 2 aromatic heterocycles. The second-order valence-corrected chi connectivity index (χ2v) is 5.06. The monoisotopic (exact) mass is 243 g/mol. The van der Waals surface area contributed by atoms with Gasteiger partial charge in [-0.1, -0.05) is 18.2 Å². The van der Waals surface area contributed by atoms with E-state index in [4.69, 9.17) is 5.73 Å². The number of para-hydroxylation sites is 1. The summed E-state index contributed by atoms with van der Waals surface area (Å²) in [5.74, 6) is 0. The van der Waals surface area contributed by atoms with Gasteiger partial charge in [0.15, 0.2) is 0 Å². The van der Waals surface area contributed by atoms with Gasteiger partial charge in [-0.2, -0.15) is 0 Å². The van der Waals surface area contributed by atoms with Gasteiger partial charge < -0.3 is 10.7 Å². The maximum atomic E-state index is 5.64. The fourth-order valence-corrected chi connectivity index (χ4v) is 3.02. The number of fused-ring (bicyclic) bond motifs is 1. The largest absolute Gasteiger partial charge is 0.361 e. The lowest BCUT2D eigenvalue weighted by molar-refractivity contribution is 1.02. The van der Waals surface area contributed by atoms with Crippen LogP contribution in [0.4, 0.5) is 0 Å². The van der Waals surface area contributed by atoms with E-state index in [-0.39, 0.29) is 0 Å². The number of aryl methyl sites for hydroxylation is 1. The lowest BCUT2D eigenvalue weighted by Crippen LogP contribution is -1.94. The summed E-state index contributed by atoms with van der Waals surface area (Å²) in [5, 5.41) is 2.23. The highest BCUT2D eigenvalue weighted by molar-refractivity contribution is 7.15. The molecule has 1 aromatic carbocycles. The van der Waals surface area contributed by atoms with E-state index in [1.807, 2.05) is 19.2 Å². The summed E-state index contributed by atoms with van der Waals surface area (Å²) in [5.41, 5.74) is 9.07. The Morgan fingerprint density at radius 1 is 1.35 bits per heavy atom. The summed E-state index contributed by atoms with van der Waals surface area (Å²) >= 11 is 1.68. The summed E-state index contributed by atoms with van der Waals surface area (Å²) in [6, 6.07) is 8.30. The molecule has 0 bridgehead atoms. The molecule has 0 aliphatic heterocycles. The first-order chi connectivity index (χ1) is 8.29. The van der Waals surface area contributed by atoms with Gasteiger partial charge in [0.25, 0.3) is 0 Å². The van der Waals surface area contributed by atoms with E-state index in [2.05, 4.69) is 28.2 Å². The fraction of sp³-hybridized carbons (Fsp3) is 0.154. The summed E-state index contributed by atoms with van der Waals surface area (Å²) < 4.78 is 0. The molecule has 0 aliphatic carbocycles. The highest BCUT2D eigenvalue weighted by atomic mass is 32.1. The average Bonchev–Trinajstić information content (AvgIpc) is 2.92. The van der Waals surface area contributed by atoms with E-state index in [9.17, 15) is 0 Å². The number of nitrogens with one attached hydrogen (secondary N) is 1. The van der Waals surface area contributed by atoms with Crippen molar-refractivity contribution in [2.24, 2.45) is 5.73 Å². The van der Waals surface area contributed by atoms with Gasteiger partial charge in [-0.05, 0) is 13.0 Å². The zero-order valence-electron chi connectivity index (χ0n) is 9.53. The van der Waals surface area contributed by atoms with Crippen LogP contribution >= 0.6 is 11.3 Å². The Bertz CT molecular complexity index is 666. The van der Waals surface area contributed by atoms with Crippen LogP contribution in [-0.2, 0) is 6.54 Å². The molecule has 4 heteroatoms. The van der Waals surface area contributed by atoms with Crippen LogP contribution in [0.5, 0.6) is 0 Å². The van der Waals surface area contributed by atoms with Crippen molar-refractivity contribution in [3.63, 3.8) is 0 Å². The Balaban J connectivity index is 2.23. The van der Waals surface area contributed by atoms with Gasteiger partial charge in [0.05, 0.1) is 10.6 Å². The Morgan fingerprint density at radius 3 is 2.94 bits per heavy atom. The highest BCUT2D eigenvalue weighted by Gasteiger charge is 2.12. The van der Waals surface area contributed by atoms with Gasteiger partial charge in [-0.25, -0.2) is 4.98 Å². The van der Waals surface area contributed by atoms with Crippen LogP contribution in [-0.4, -0.2) is 9.97 Å². The first-order valence-electron chi connectivity index (χ1n) is 5.52. The lowest BCUT2D eigenvalue weighted by atomic mass is 10.1. The van der Waals surface area contributed by atoms with Gasteiger partial charge in [0.2, 0.25) is 0 Å². The van der Waals surface area contributed by atoms with E-state index in [0.29, 0.717) is 6.54 Å². The molecule has 2 heterocycles. The molecule has 0 unspecified atom stereocenters. The molecule has 0 spiro atoms. The highest BCUT2D eigenvalue weighted by Crippen LogP contribution is 2.34. The Labute approximate surface area is 103 Å². The van der Waals surface area contributed by atoms with E-state index in [1.54, 1.807) is 11.3 Å². The summed E-state index contributed by atoms with van der Waals surface area (Å²) in [4.78, 5) is 8.97. The van der Waals surface area contributed by atoms with Gasteiger partial charge >= 0.3 is 0 Å². The van der Waals surface area contributed by atoms with Crippen molar-refractivity contribution in [3.05, 3.63) is 41.2 Å². The zero-order chi connectivity index (χ0) is 11.8. The molecule has 3 nitrogen and oxygen atoms in total. The predicted octanol–water partition coefficient (Wildman–Crippen LogP) is 3.06. The number of aromatic amines is 1. The maximum Gasteiger partial charge on any atom is 0.107 e. The van der Waals surface area contributed by atoms with E-state index in [0.717, 1.165) is 16.2 Å². The molecule has 0 fully saturated rings. The quantitative estimate of drug-likeness (QED) is 0.726. The zero-order valence-corrected chi connectivity index (χ0v) is 10.3. The lowest BCUT2D eigenvalue weighted by Gasteiger charge is -1.95. The van der Waals surface area contributed by atoms with Crippen molar-refractivity contribution in [2.75, 3.05) is 0 Å². The number of nitrogens with two attached hydrogens (primary N) is 1. The number of hydrogen-bond acceptors (Lipinski definition) is 3. The van der Waals surface area contributed by atoms with Crippen LogP contribution in [0.15, 0.2) is 30.5 Å². The number of thiazole rings is 1. The van der Waals surface area contributed by atoms with Crippen molar-refractivity contribution in [1.29, 1.82) is 0 Å². The normalized spacial score (nSPS) is 11.2. The third-order valence-corrected chi connectivity index (χ3v) is 4.06. The van der Waals surface area contributed by atoms with E-state index in [1.165, 1.54) is 15.8 Å². The average molecular weight is 243 g/mol. The van der Waals surface area contributed by atoms with Crippen LogP contribution in [0.25, 0.3) is 21.3 Å². The van der Waals surface area contributed by atoms with Crippen LogP contribution < -0.4 is 5.73 Å². The molecule has 0 radical (unpaired) electrons. The number of hydrogen-bond donors (Lipinski definition) is 2. The molecule has 0 saturated heterocycles. The number of benzene rings is 1. The number of rotatable bonds is 2. The van der Waals surface area contributed by atoms with Gasteiger partial charge in [-0.3, -0.25) is 0 Å². The third kappa shape index (κ3) is 1.66. The topological polar surface area (TPSA) is 54.7 Å². The van der Waals surface area contributed by atoms with E-state index >= 15 is 0 Å². The molecule has 0 amide bonds. The molecule has 3 N–H and O–H groups in total. The molecule has 3 aromatic rings. The van der Waals surface area contributed by atoms with Crippen molar-refractivity contribution in [3.8, 4) is 10.4 Å². The third-order valence-electron chi connectivity index (χ3n) is 2.85. The Hall–Kier alpha value is -1.65. The smallest absolute Gasteiger partial charge is 0.107 e. The first-order valence-corrected chi connectivity index (χ1v) is 6.34. The molecule has 86 valence electrons. The van der Waals surface area contributed by atoms with Crippen LogP contribution in [0.3, 0.4) is 0 Å². The van der Waals surface area contributed by atoms with Crippen LogP contribution in [0.2, 0.25) is 0 Å². The standard InChI is InChI=1S/C13H13N3S/c1-8-13(17-12(6-14)16-8)10-7-15-11-5-3-2-4-9(10)11/h2-5,7,15H,6,14H2,1H3. The minimum absolute atomic E-state index is 0.508. The van der Waals surface area contributed by atoms with Crippen molar-refractivity contribution < 1.29 is 0 Å². The SMILES string of the molecule is Cc1nc(CN)sc1-c1c[nH]c2ccccc12. The first kappa shape index (κ1) is 10.5. The molecular weight excluding hydrogens is 230 g/mol. The molecule has 0 aliphatic rings. The van der Waals surface area contributed by atoms with Crippen molar-refractivity contribution in [2.45, 2.75) is 13.5 Å². The van der Waals surface area contributed by atoms with Crippen LogP contribution in [0.1, 0.15) is 10.7 Å². The van der Waals surface area contributed by atoms with Gasteiger partial charge in [0.1, 0.15) is 5.01 Å². The van der Waals surface area contributed by atoms with Crippen LogP contribution in [0, 0.1) is 6.92 Å². The Kier molecular flexibility index (Phi) is 2.46. The van der Waals surface area contributed by atoms with Crippen molar-refractivity contribution in [1.82, 2.24) is 9.97 Å². The second-order valence-electron chi connectivity index (χ2n) is 3.97. The minimum atomic E-state index is 0.508. The molecular formula is C13H13N3S. The van der Waals surface area contributed by atoms with Crippen molar-refractivity contribution >= 4 is 22.2 Å². The minimum Gasteiger partial charge on any atom is -0.361 e. The maximum absolute atomic E-state index is 5.64. The fourth-order valence-electron chi connectivity index (χ4n) is 2.05. The number of nitrogens with zero attached hydrogens (tertiary/aromatic N) is 1. The summed E-state index contributed by atoms with van der Waals surface area (Å²) in [7, 11) is 0.